The fourth-order valence-electron chi connectivity index (χ4n) is 3.35. The molecule has 1 aromatic rings. The zero-order chi connectivity index (χ0) is 30.5. The van der Waals surface area contributed by atoms with Crippen molar-refractivity contribution in [2.24, 2.45) is 17.1 Å². The van der Waals surface area contributed by atoms with Crippen LogP contribution in [0.4, 0.5) is 9.59 Å². The smallest absolute Gasteiger partial charge is 0.480 e. The molecule has 220 valence electrons. The number of esters is 1. The lowest BCUT2D eigenvalue weighted by atomic mass is 9.79. The van der Waals surface area contributed by atoms with Crippen molar-refractivity contribution in [3.05, 3.63) is 23.8 Å². The van der Waals surface area contributed by atoms with E-state index in [9.17, 15) is 24.3 Å². The summed E-state index contributed by atoms with van der Waals surface area (Å²) in [5.74, 6) is -3.62. The molecule has 11 nitrogen and oxygen atoms in total. The Bertz CT molecular complexity index is 1050. The highest BCUT2D eigenvalue weighted by Gasteiger charge is 2.37. The van der Waals surface area contributed by atoms with Gasteiger partial charge in [0.15, 0.2) is 11.5 Å². The van der Waals surface area contributed by atoms with E-state index in [4.69, 9.17) is 29.4 Å². The van der Waals surface area contributed by atoms with Gasteiger partial charge in [0.25, 0.3) is 0 Å². The summed E-state index contributed by atoms with van der Waals surface area (Å²) in [6, 6.07) is 2.75. The highest BCUT2D eigenvalue weighted by molar-refractivity contribution is 5.76. The molecule has 0 aliphatic heterocycles. The van der Waals surface area contributed by atoms with Crippen LogP contribution in [0.2, 0.25) is 0 Å². The van der Waals surface area contributed by atoms with E-state index in [2.05, 4.69) is 0 Å². The van der Waals surface area contributed by atoms with Crippen LogP contribution in [0.5, 0.6) is 11.5 Å². The Balaban J connectivity index is 3.54. The van der Waals surface area contributed by atoms with Gasteiger partial charge in [0.2, 0.25) is 0 Å². The van der Waals surface area contributed by atoms with Gasteiger partial charge in [0.05, 0.1) is 5.41 Å². The number of ether oxygens (including phenoxy) is 5. The second-order valence-electron chi connectivity index (χ2n) is 12.4. The van der Waals surface area contributed by atoms with E-state index in [1.807, 2.05) is 0 Å². The fraction of sp³-hybridized carbons (Fsp3) is 0.643. The molecule has 0 aromatic heterocycles. The molecule has 0 heterocycles. The summed E-state index contributed by atoms with van der Waals surface area (Å²) in [5, 5.41) is 9.76. The lowest BCUT2D eigenvalue weighted by molar-refractivity contribution is -0.160. The first-order chi connectivity index (χ1) is 17.5. The van der Waals surface area contributed by atoms with Crippen LogP contribution in [-0.2, 0) is 23.8 Å². The second-order valence-corrected chi connectivity index (χ2v) is 12.4. The minimum absolute atomic E-state index is 0.165. The van der Waals surface area contributed by atoms with E-state index in [1.165, 1.54) is 18.2 Å². The molecule has 0 radical (unpaired) electrons. The summed E-state index contributed by atoms with van der Waals surface area (Å²) in [4.78, 5) is 49.3. The van der Waals surface area contributed by atoms with Crippen molar-refractivity contribution >= 4 is 24.2 Å². The van der Waals surface area contributed by atoms with E-state index in [0.717, 1.165) is 0 Å². The first-order valence-corrected chi connectivity index (χ1v) is 12.7. The number of hydrogen-bond donors (Lipinski definition) is 2. The maximum atomic E-state index is 12.5. The molecule has 0 spiro atoms. The number of carboxylic acid groups (broad SMARTS) is 1. The average Bonchev–Trinajstić information content (AvgIpc) is 2.71. The summed E-state index contributed by atoms with van der Waals surface area (Å²) >= 11 is 0. The van der Waals surface area contributed by atoms with Crippen LogP contribution in [-0.4, -0.2) is 52.7 Å². The summed E-state index contributed by atoms with van der Waals surface area (Å²) in [5.41, 5.74) is 3.93. The Morgan fingerprint density at radius 2 is 1.26 bits per heavy atom. The van der Waals surface area contributed by atoms with Gasteiger partial charge in [0.1, 0.15) is 23.3 Å². The van der Waals surface area contributed by atoms with Crippen molar-refractivity contribution in [1.29, 1.82) is 0 Å². The average molecular weight is 554 g/mol. The van der Waals surface area contributed by atoms with Gasteiger partial charge in [0, 0.05) is 11.8 Å². The Kier molecular flexibility index (Phi) is 10.9. The molecular weight excluding hydrogens is 510 g/mol. The maximum Gasteiger partial charge on any atom is 0.514 e. The Labute approximate surface area is 230 Å². The topological polar surface area (TPSA) is 161 Å². The van der Waals surface area contributed by atoms with Gasteiger partial charge < -0.3 is 34.5 Å². The number of aliphatic carboxylic acids is 1. The second kappa shape index (κ2) is 12.7. The SMILES string of the molecule is CC(OC(=O)C(C)(C)C)C(C)C(c1ccc(OC(=O)OC(C)(C)C)c(OC(=O)OC(C)(C)C)c1)[C@H](N)C(=O)O. The van der Waals surface area contributed by atoms with Crippen molar-refractivity contribution in [3.63, 3.8) is 0 Å². The molecule has 3 N–H and O–H groups in total. The maximum absolute atomic E-state index is 12.5. The van der Waals surface area contributed by atoms with Crippen LogP contribution in [0.25, 0.3) is 0 Å². The number of rotatable bonds is 8. The van der Waals surface area contributed by atoms with Crippen molar-refractivity contribution in [2.45, 2.75) is 105 Å². The minimum Gasteiger partial charge on any atom is -0.480 e. The number of nitrogens with two attached hydrogens (primary N) is 1. The third kappa shape index (κ3) is 11.1. The van der Waals surface area contributed by atoms with Gasteiger partial charge in [-0.3, -0.25) is 9.59 Å². The van der Waals surface area contributed by atoms with Crippen molar-refractivity contribution in [1.82, 2.24) is 0 Å². The number of carbonyl (C=O) groups excluding carboxylic acids is 3. The molecule has 0 fully saturated rings. The highest BCUT2D eigenvalue weighted by atomic mass is 16.8. The molecule has 3 unspecified atom stereocenters. The summed E-state index contributed by atoms with van der Waals surface area (Å²) in [7, 11) is 0. The van der Waals surface area contributed by atoms with Crippen LogP contribution in [0, 0.1) is 11.3 Å². The number of carboxylic acids is 1. The highest BCUT2D eigenvalue weighted by Crippen LogP contribution is 2.38. The van der Waals surface area contributed by atoms with Gasteiger partial charge in [-0.1, -0.05) is 13.0 Å². The molecule has 0 bridgehead atoms. The molecule has 11 heteroatoms. The summed E-state index contributed by atoms with van der Waals surface area (Å²) in [6.07, 6.45) is -2.84. The molecule has 39 heavy (non-hydrogen) atoms. The Morgan fingerprint density at radius 3 is 1.67 bits per heavy atom. The van der Waals surface area contributed by atoms with E-state index in [-0.39, 0.29) is 11.5 Å². The lowest BCUT2D eigenvalue weighted by Crippen LogP contribution is -2.43. The third-order valence-corrected chi connectivity index (χ3v) is 5.40. The molecule has 1 aromatic carbocycles. The Morgan fingerprint density at radius 1 is 0.795 bits per heavy atom. The van der Waals surface area contributed by atoms with Crippen molar-refractivity contribution in [3.8, 4) is 11.5 Å². The number of carbonyl (C=O) groups is 4. The largest absolute Gasteiger partial charge is 0.514 e. The number of benzene rings is 1. The Hall–Kier alpha value is -3.34. The van der Waals surface area contributed by atoms with Gasteiger partial charge in [-0.2, -0.15) is 0 Å². The van der Waals surface area contributed by atoms with Crippen molar-refractivity contribution in [2.75, 3.05) is 0 Å². The monoisotopic (exact) mass is 553 g/mol. The van der Waals surface area contributed by atoms with Crippen LogP contribution in [0.1, 0.15) is 87.6 Å². The van der Waals surface area contributed by atoms with Gasteiger partial charge in [-0.05, 0) is 86.9 Å². The predicted octanol–water partition coefficient (Wildman–Crippen LogP) is 5.42. The van der Waals surface area contributed by atoms with E-state index in [1.54, 1.807) is 76.2 Å². The van der Waals surface area contributed by atoms with Gasteiger partial charge in [-0.25, -0.2) is 9.59 Å². The third-order valence-electron chi connectivity index (χ3n) is 5.40. The molecule has 1 rings (SSSR count). The van der Waals surface area contributed by atoms with E-state index in [0.29, 0.717) is 5.56 Å². The van der Waals surface area contributed by atoms with Gasteiger partial charge in [-0.15, -0.1) is 0 Å². The van der Waals surface area contributed by atoms with Crippen molar-refractivity contribution < 1.29 is 48.0 Å². The molecule has 4 atom stereocenters. The summed E-state index contributed by atoms with van der Waals surface area (Å²) in [6.45, 7) is 18.4. The first-order valence-electron chi connectivity index (χ1n) is 12.7. The molecule has 0 saturated carbocycles. The molecular formula is C28H43NO10. The van der Waals surface area contributed by atoms with Crippen LogP contribution >= 0.6 is 0 Å². The summed E-state index contributed by atoms with van der Waals surface area (Å²) < 4.78 is 26.7. The lowest BCUT2D eigenvalue weighted by Gasteiger charge is -2.33. The van der Waals surface area contributed by atoms with Crippen LogP contribution in [0.3, 0.4) is 0 Å². The standard InChI is InChI=1S/C28H43NO10/c1-15(16(2)35-23(32)26(3,4)5)20(21(29)22(30)31)17-12-13-18(36-24(33)38-27(6,7)8)19(14-17)37-25(34)39-28(9,10)11/h12-16,20-21H,29H2,1-11H3,(H,30,31)/t15?,16?,20?,21-/m0/s1. The van der Waals surface area contributed by atoms with Gasteiger partial charge >= 0.3 is 24.2 Å². The first kappa shape index (κ1) is 33.7. The molecule has 0 saturated heterocycles. The normalized spacial score (nSPS) is 15.3. The molecule has 0 amide bonds. The molecule has 0 aliphatic carbocycles. The van der Waals surface area contributed by atoms with E-state index >= 15 is 0 Å². The number of hydrogen-bond acceptors (Lipinski definition) is 10. The predicted molar refractivity (Wildman–Crippen MR) is 143 cm³/mol. The van der Waals surface area contributed by atoms with E-state index < -0.39 is 64.8 Å². The zero-order valence-corrected chi connectivity index (χ0v) is 24.7. The zero-order valence-electron chi connectivity index (χ0n) is 24.7. The van der Waals surface area contributed by atoms with Crippen LogP contribution in [0.15, 0.2) is 18.2 Å². The molecule has 0 aliphatic rings. The quantitative estimate of drug-likeness (QED) is 0.240. The fourth-order valence-corrected chi connectivity index (χ4v) is 3.35. The minimum atomic E-state index is -1.41. The van der Waals surface area contributed by atoms with Crippen LogP contribution < -0.4 is 15.2 Å².